The number of carbonyl (C=O) groups is 1. The van der Waals surface area contributed by atoms with Crippen LogP contribution in [0.5, 0.6) is 0 Å². The van der Waals surface area contributed by atoms with Gasteiger partial charge in [-0.25, -0.2) is 4.68 Å². The first-order valence-electron chi connectivity index (χ1n) is 9.74. The third-order valence-electron chi connectivity index (χ3n) is 5.83. The minimum Gasteiger partial charge on any atom is -0.352 e. The molecular weight excluding hydrogens is 334 g/mol. The molecule has 2 fully saturated rings. The molecule has 0 aromatic carbocycles. The molecule has 3 atom stereocenters. The predicted molar refractivity (Wildman–Crippen MR) is 99.3 cm³/mol. The van der Waals surface area contributed by atoms with E-state index >= 15 is 0 Å². The molecule has 7 heteroatoms. The van der Waals surface area contributed by atoms with Crippen molar-refractivity contribution in [1.82, 2.24) is 25.5 Å². The predicted octanol–water partition coefficient (Wildman–Crippen LogP) is 3.46. The van der Waals surface area contributed by atoms with Crippen LogP contribution in [0.25, 0.3) is 0 Å². The number of hydrogen-bond donors (Lipinski definition) is 1. The average Bonchev–Trinajstić information content (AvgIpc) is 3.23. The van der Waals surface area contributed by atoms with Crippen molar-refractivity contribution in [3.63, 3.8) is 0 Å². The number of thioether (sulfide) groups is 1. The van der Waals surface area contributed by atoms with E-state index in [-0.39, 0.29) is 5.91 Å². The fourth-order valence-electron chi connectivity index (χ4n) is 4.41. The number of amides is 1. The SMILES string of the molecule is CC1CCC(C(C)C)C(NC(=O)CSc2nnnn2C2CCCC2)C1. The highest BCUT2D eigenvalue weighted by atomic mass is 32.2. The van der Waals surface area contributed by atoms with E-state index in [0.717, 1.165) is 24.4 Å². The van der Waals surface area contributed by atoms with Crippen molar-refractivity contribution in [2.75, 3.05) is 5.75 Å². The molecule has 0 radical (unpaired) electrons. The first-order valence-corrected chi connectivity index (χ1v) is 10.7. The average molecular weight is 366 g/mol. The van der Waals surface area contributed by atoms with Gasteiger partial charge in [-0.1, -0.05) is 51.8 Å². The first-order chi connectivity index (χ1) is 12.0. The Labute approximate surface area is 154 Å². The van der Waals surface area contributed by atoms with Crippen molar-refractivity contribution in [3.8, 4) is 0 Å². The van der Waals surface area contributed by atoms with Crippen molar-refractivity contribution in [1.29, 1.82) is 0 Å². The van der Waals surface area contributed by atoms with E-state index < -0.39 is 0 Å². The molecule has 2 saturated carbocycles. The fourth-order valence-corrected chi connectivity index (χ4v) is 5.16. The van der Waals surface area contributed by atoms with Gasteiger partial charge in [0, 0.05) is 6.04 Å². The largest absolute Gasteiger partial charge is 0.352 e. The van der Waals surface area contributed by atoms with Gasteiger partial charge in [-0.2, -0.15) is 0 Å². The Hall–Kier alpha value is -1.11. The molecule has 2 aliphatic rings. The van der Waals surface area contributed by atoms with Crippen LogP contribution in [0.4, 0.5) is 0 Å². The molecule has 2 aliphatic carbocycles. The number of tetrazole rings is 1. The summed E-state index contributed by atoms with van der Waals surface area (Å²) in [5.74, 6) is 2.40. The van der Waals surface area contributed by atoms with E-state index in [4.69, 9.17) is 0 Å². The maximum atomic E-state index is 12.5. The molecule has 1 amide bonds. The second-order valence-corrected chi connectivity index (χ2v) is 9.08. The standard InChI is InChI=1S/C18H31N5OS/c1-12(2)15-9-8-13(3)10-16(15)19-17(24)11-25-18-20-21-22-23(18)14-6-4-5-7-14/h12-16H,4-11H2,1-3H3,(H,19,24). The first kappa shape index (κ1) is 18.7. The van der Waals surface area contributed by atoms with Crippen LogP contribution in [-0.4, -0.2) is 37.9 Å². The number of carbonyl (C=O) groups excluding carboxylic acids is 1. The number of rotatable bonds is 6. The molecular formula is C18H31N5OS. The van der Waals surface area contributed by atoms with E-state index in [1.165, 1.54) is 37.4 Å². The summed E-state index contributed by atoms with van der Waals surface area (Å²) in [7, 11) is 0. The van der Waals surface area contributed by atoms with Gasteiger partial charge in [0.05, 0.1) is 11.8 Å². The van der Waals surface area contributed by atoms with Crippen molar-refractivity contribution < 1.29 is 4.79 Å². The number of aromatic nitrogens is 4. The van der Waals surface area contributed by atoms with Gasteiger partial charge >= 0.3 is 0 Å². The zero-order valence-corrected chi connectivity index (χ0v) is 16.5. The lowest BCUT2D eigenvalue weighted by atomic mass is 9.74. The maximum absolute atomic E-state index is 12.5. The topological polar surface area (TPSA) is 72.7 Å². The van der Waals surface area contributed by atoms with E-state index in [1.54, 1.807) is 0 Å². The van der Waals surface area contributed by atoms with Gasteiger partial charge in [-0.15, -0.1) is 5.10 Å². The summed E-state index contributed by atoms with van der Waals surface area (Å²) < 4.78 is 1.92. The van der Waals surface area contributed by atoms with Gasteiger partial charge in [0.25, 0.3) is 0 Å². The van der Waals surface area contributed by atoms with E-state index in [2.05, 4.69) is 41.6 Å². The number of nitrogens with zero attached hydrogens (tertiary/aromatic N) is 4. The normalized spacial score (nSPS) is 27.8. The second kappa shape index (κ2) is 8.52. The zero-order valence-electron chi connectivity index (χ0n) is 15.6. The van der Waals surface area contributed by atoms with Crippen LogP contribution in [-0.2, 0) is 4.79 Å². The lowest BCUT2D eigenvalue weighted by molar-refractivity contribution is -0.120. The molecule has 0 spiro atoms. The third kappa shape index (κ3) is 4.74. The highest BCUT2D eigenvalue weighted by Crippen LogP contribution is 2.34. The molecule has 3 unspecified atom stereocenters. The monoisotopic (exact) mass is 365 g/mol. The Morgan fingerprint density at radius 3 is 2.76 bits per heavy atom. The van der Waals surface area contributed by atoms with E-state index in [0.29, 0.717) is 35.6 Å². The third-order valence-corrected chi connectivity index (χ3v) is 6.77. The number of nitrogens with one attached hydrogen (secondary N) is 1. The molecule has 3 rings (SSSR count). The van der Waals surface area contributed by atoms with Crippen LogP contribution in [0, 0.1) is 17.8 Å². The summed E-state index contributed by atoms with van der Waals surface area (Å²) in [5, 5.41) is 16.1. The lowest BCUT2D eigenvalue weighted by Gasteiger charge is -2.37. The molecule has 25 heavy (non-hydrogen) atoms. The molecule has 140 valence electrons. The molecule has 1 heterocycles. The molecule has 0 saturated heterocycles. The van der Waals surface area contributed by atoms with Crippen LogP contribution in [0.15, 0.2) is 5.16 Å². The maximum Gasteiger partial charge on any atom is 0.230 e. The Bertz CT molecular complexity index is 570. The highest BCUT2D eigenvalue weighted by Gasteiger charge is 2.31. The van der Waals surface area contributed by atoms with Crippen LogP contribution in [0.1, 0.15) is 71.8 Å². The van der Waals surface area contributed by atoms with Gasteiger partial charge in [0.15, 0.2) is 0 Å². The summed E-state index contributed by atoms with van der Waals surface area (Å²) >= 11 is 1.46. The Morgan fingerprint density at radius 1 is 1.28 bits per heavy atom. The van der Waals surface area contributed by atoms with Crippen LogP contribution >= 0.6 is 11.8 Å². The summed E-state index contributed by atoms with van der Waals surface area (Å²) in [6, 6.07) is 0.716. The van der Waals surface area contributed by atoms with Crippen molar-refractivity contribution in [3.05, 3.63) is 0 Å². The second-order valence-electron chi connectivity index (χ2n) is 8.13. The van der Waals surface area contributed by atoms with Crippen LogP contribution < -0.4 is 5.32 Å². The molecule has 0 aliphatic heterocycles. The van der Waals surface area contributed by atoms with Gasteiger partial charge in [0.2, 0.25) is 11.1 Å². The smallest absolute Gasteiger partial charge is 0.230 e. The molecule has 1 aromatic rings. The Balaban J connectivity index is 1.53. The van der Waals surface area contributed by atoms with Crippen LogP contribution in [0.2, 0.25) is 0 Å². The number of hydrogen-bond acceptors (Lipinski definition) is 5. The quantitative estimate of drug-likeness (QED) is 0.782. The molecule has 0 bridgehead atoms. The molecule has 1 aromatic heterocycles. The summed E-state index contributed by atoms with van der Waals surface area (Å²) in [4.78, 5) is 12.5. The summed E-state index contributed by atoms with van der Waals surface area (Å²) in [5.41, 5.74) is 0. The lowest BCUT2D eigenvalue weighted by Crippen LogP contribution is -2.46. The fraction of sp³-hybridized carbons (Fsp3) is 0.889. The minimum atomic E-state index is 0.107. The Morgan fingerprint density at radius 2 is 2.04 bits per heavy atom. The van der Waals surface area contributed by atoms with Crippen LogP contribution in [0.3, 0.4) is 0 Å². The van der Waals surface area contributed by atoms with Gasteiger partial charge in [-0.3, -0.25) is 4.79 Å². The highest BCUT2D eigenvalue weighted by molar-refractivity contribution is 7.99. The van der Waals surface area contributed by atoms with Gasteiger partial charge in [-0.05, 0) is 53.9 Å². The van der Waals surface area contributed by atoms with Crippen molar-refractivity contribution in [2.24, 2.45) is 17.8 Å². The van der Waals surface area contributed by atoms with Gasteiger partial charge in [0.1, 0.15) is 0 Å². The van der Waals surface area contributed by atoms with Gasteiger partial charge < -0.3 is 5.32 Å². The van der Waals surface area contributed by atoms with E-state index in [9.17, 15) is 4.79 Å². The van der Waals surface area contributed by atoms with Crippen molar-refractivity contribution >= 4 is 17.7 Å². The van der Waals surface area contributed by atoms with Crippen molar-refractivity contribution in [2.45, 2.75) is 83.0 Å². The zero-order chi connectivity index (χ0) is 17.8. The molecule has 6 nitrogen and oxygen atoms in total. The molecule has 1 N–H and O–H groups in total. The minimum absolute atomic E-state index is 0.107. The Kier molecular flexibility index (Phi) is 6.36. The summed E-state index contributed by atoms with van der Waals surface area (Å²) in [6.45, 7) is 6.83. The van der Waals surface area contributed by atoms with E-state index in [1.807, 2.05) is 4.68 Å². The summed E-state index contributed by atoms with van der Waals surface area (Å²) in [6.07, 6.45) is 8.36.